The van der Waals surface area contributed by atoms with Gasteiger partial charge in [-0.3, -0.25) is 0 Å². The number of hydrogen-bond acceptors (Lipinski definition) is 5. The number of hydrogen-bond donors (Lipinski definition) is 5. The first-order valence-electron chi connectivity index (χ1n) is 13.5. The highest BCUT2D eigenvalue weighted by molar-refractivity contribution is 5.49. The molecule has 34 heavy (non-hydrogen) atoms. The molecule has 5 rings (SSSR count). The molecular weight excluding hydrogens is 428 g/mol. The van der Waals surface area contributed by atoms with Gasteiger partial charge in [0.05, 0.1) is 24.4 Å². The Labute approximate surface area is 205 Å². The second kappa shape index (κ2) is 7.64. The van der Waals surface area contributed by atoms with E-state index in [1.807, 2.05) is 0 Å². The highest BCUT2D eigenvalue weighted by Crippen LogP contribution is 2.74. The summed E-state index contributed by atoms with van der Waals surface area (Å²) < 4.78 is 0. The van der Waals surface area contributed by atoms with Gasteiger partial charge in [-0.25, -0.2) is 0 Å². The maximum Gasteiger partial charge on any atom is 0.0842 e. The van der Waals surface area contributed by atoms with Gasteiger partial charge in [0.25, 0.3) is 0 Å². The molecule has 5 nitrogen and oxygen atoms in total. The molecule has 0 heterocycles. The van der Waals surface area contributed by atoms with Gasteiger partial charge in [0.15, 0.2) is 0 Å². The lowest BCUT2D eigenvalue weighted by Gasteiger charge is -2.67. The van der Waals surface area contributed by atoms with Crippen molar-refractivity contribution in [3.63, 3.8) is 0 Å². The smallest absolute Gasteiger partial charge is 0.0842 e. The molecule has 5 N–H and O–H groups in total. The van der Waals surface area contributed by atoms with Crippen LogP contribution in [0.2, 0.25) is 0 Å². The van der Waals surface area contributed by atoms with Crippen LogP contribution >= 0.6 is 0 Å². The fourth-order valence-corrected chi connectivity index (χ4v) is 10.1. The summed E-state index contributed by atoms with van der Waals surface area (Å²) in [5.74, 6) is -0.241. The summed E-state index contributed by atoms with van der Waals surface area (Å²) in [6, 6.07) is 0. The van der Waals surface area contributed by atoms with E-state index in [0.717, 1.165) is 32.1 Å². The minimum atomic E-state index is -0.876. The average molecular weight is 475 g/mol. The predicted molar refractivity (Wildman–Crippen MR) is 132 cm³/mol. The first-order valence-corrected chi connectivity index (χ1v) is 13.5. The highest BCUT2D eigenvalue weighted by Gasteiger charge is 2.73. The first-order chi connectivity index (χ1) is 15.8. The maximum atomic E-state index is 11.7. The van der Waals surface area contributed by atoms with Crippen LogP contribution in [-0.4, -0.2) is 56.6 Å². The summed E-state index contributed by atoms with van der Waals surface area (Å²) in [6.07, 6.45) is 4.23. The van der Waals surface area contributed by atoms with Crippen molar-refractivity contribution in [1.29, 1.82) is 0 Å². The lowest BCUT2D eigenvalue weighted by Crippen LogP contribution is -2.63. The van der Waals surface area contributed by atoms with Crippen molar-refractivity contribution in [2.75, 3.05) is 6.61 Å². The van der Waals surface area contributed by atoms with E-state index >= 15 is 0 Å². The Morgan fingerprint density at radius 1 is 0.971 bits per heavy atom. The molecule has 0 aliphatic heterocycles. The molecule has 0 bridgehead atoms. The molecule has 5 aliphatic rings. The molecule has 10 atom stereocenters. The normalized spacial score (nSPS) is 52.0. The van der Waals surface area contributed by atoms with Crippen LogP contribution in [0.1, 0.15) is 80.1 Å². The highest BCUT2D eigenvalue weighted by atomic mass is 16.3. The average Bonchev–Trinajstić information content (AvgIpc) is 3.00. The van der Waals surface area contributed by atoms with Crippen LogP contribution in [0.3, 0.4) is 0 Å². The van der Waals surface area contributed by atoms with E-state index in [1.54, 1.807) is 0 Å². The minimum absolute atomic E-state index is 0.0223. The lowest BCUT2D eigenvalue weighted by atomic mass is 9.38. The van der Waals surface area contributed by atoms with Crippen LogP contribution in [0.15, 0.2) is 22.8 Å². The molecule has 0 aromatic carbocycles. The minimum Gasteiger partial charge on any atom is -0.396 e. The zero-order valence-electron chi connectivity index (χ0n) is 21.9. The van der Waals surface area contributed by atoms with Crippen LogP contribution in [0.4, 0.5) is 0 Å². The second-order valence-corrected chi connectivity index (χ2v) is 13.8. The van der Waals surface area contributed by atoms with Crippen LogP contribution in [0.25, 0.3) is 0 Å². The van der Waals surface area contributed by atoms with Crippen molar-refractivity contribution < 1.29 is 25.5 Å². The SMILES string of the molecule is CC(C)[C@@H]1[C@H](O)[C@@H](O)[C@H]2[C@@]1(CO)CC[C@@]1(C)[C@H]3C(=CC[C@]21C)C1=C(C[C@@H]3O)C(C)(C)[C@@H](O)CC1. The van der Waals surface area contributed by atoms with E-state index in [9.17, 15) is 25.5 Å². The third-order valence-corrected chi connectivity index (χ3v) is 12.0. The number of fused-ring (bicyclic) bond motifs is 6. The van der Waals surface area contributed by atoms with Gasteiger partial charge in [0.1, 0.15) is 0 Å². The molecular formula is C29H46O5. The van der Waals surface area contributed by atoms with Crippen LogP contribution in [0, 0.1) is 45.3 Å². The molecule has 2 saturated carbocycles. The van der Waals surface area contributed by atoms with Gasteiger partial charge in [-0.15, -0.1) is 0 Å². The molecule has 0 amide bonds. The predicted octanol–water partition coefficient (Wildman–Crippen LogP) is 3.58. The molecule has 0 saturated heterocycles. The Morgan fingerprint density at radius 2 is 1.65 bits per heavy atom. The van der Waals surface area contributed by atoms with E-state index in [4.69, 9.17) is 0 Å². The summed E-state index contributed by atoms with van der Waals surface area (Å²) in [7, 11) is 0. The van der Waals surface area contributed by atoms with Crippen LogP contribution in [0.5, 0.6) is 0 Å². The Balaban J connectivity index is 1.65. The second-order valence-electron chi connectivity index (χ2n) is 13.8. The van der Waals surface area contributed by atoms with Crippen molar-refractivity contribution in [3.05, 3.63) is 22.8 Å². The molecule has 0 spiro atoms. The first kappa shape index (κ1) is 25.0. The maximum absolute atomic E-state index is 11.7. The molecule has 5 heteroatoms. The van der Waals surface area contributed by atoms with Crippen molar-refractivity contribution in [2.24, 2.45) is 45.3 Å². The zero-order chi connectivity index (χ0) is 25.0. The topological polar surface area (TPSA) is 101 Å². The lowest BCUT2D eigenvalue weighted by molar-refractivity contribution is -0.192. The van der Waals surface area contributed by atoms with E-state index in [1.165, 1.54) is 16.7 Å². The summed E-state index contributed by atoms with van der Waals surface area (Å²) >= 11 is 0. The fraction of sp³-hybridized carbons (Fsp3) is 0.862. The summed E-state index contributed by atoms with van der Waals surface area (Å²) in [6.45, 7) is 12.9. The quantitative estimate of drug-likeness (QED) is 0.421. The molecule has 0 aromatic heterocycles. The molecule has 0 aromatic rings. The molecule has 0 radical (unpaired) electrons. The van der Waals surface area contributed by atoms with E-state index in [2.05, 4.69) is 47.6 Å². The largest absolute Gasteiger partial charge is 0.396 e. The molecule has 0 unspecified atom stereocenters. The van der Waals surface area contributed by atoms with Crippen LogP contribution in [-0.2, 0) is 0 Å². The molecule has 192 valence electrons. The van der Waals surface area contributed by atoms with Gasteiger partial charge >= 0.3 is 0 Å². The monoisotopic (exact) mass is 474 g/mol. The Hall–Kier alpha value is -0.720. The Kier molecular flexibility index (Phi) is 5.61. The fourth-order valence-electron chi connectivity index (χ4n) is 10.1. The Bertz CT molecular complexity index is 919. The standard InChI is InChI=1S/C29H46O5/c1-15(2)21-23(33)24(34)25-28(6)10-9-17-16-7-8-20(32)26(3,4)18(16)13-19(31)22(17)27(28,5)11-12-29(21,25)14-30/h9,15,19-25,30-34H,7-8,10-14H2,1-6H3/t19-,20-,21+,22-,23-,24+,25+,27-,28+,29+/m0/s1. The number of aliphatic hydroxyl groups excluding tert-OH is 5. The van der Waals surface area contributed by atoms with Gasteiger partial charge in [-0.2, -0.15) is 0 Å². The van der Waals surface area contributed by atoms with E-state index in [0.29, 0.717) is 6.42 Å². The van der Waals surface area contributed by atoms with Gasteiger partial charge in [0, 0.05) is 29.3 Å². The van der Waals surface area contributed by atoms with E-state index in [-0.39, 0.29) is 52.6 Å². The van der Waals surface area contributed by atoms with Gasteiger partial charge in [0.2, 0.25) is 0 Å². The summed E-state index contributed by atoms with van der Waals surface area (Å²) in [5, 5.41) is 55.9. The van der Waals surface area contributed by atoms with Crippen molar-refractivity contribution in [2.45, 2.75) is 104 Å². The summed E-state index contributed by atoms with van der Waals surface area (Å²) in [5.41, 5.74) is 2.37. The van der Waals surface area contributed by atoms with Gasteiger partial charge < -0.3 is 25.5 Å². The zero-order valence-corrected chi connectivity index (χ0v) is 21.9. The number of allylic oxidation sites excluding steroid dienone is 2. The third kappa shape index (κ3) is 2.80. The van der Waals surface area contributed by atoms with Gasteiger partial charge in [-0.1, -0.05) is 53.2 Å². The molecule has 2 fully saturated rings. The summed E-state index contributed by atoms with van der Waals surface area (Å²) in [4.78, 5) is 0. The van der Waals surface area contributed by atoms with Crippen molar-refractivity contribution in [1.82, 2.24) is 0 Å². The third-order valence-electron chi connectivity index (χ3n) is 12.0. The van der Waals surface area contributed by atoms with Gasteiger partial charge in [-0.05, 0) is 72.3 Å². The van der Waals surface area contributed by atoms with Crippen molar-refractivity contribution in [3.8, 4) is 0 Å². The number of aliphatic hydroxyl groups is 5. The Morgan fingerprint density at radius 3 is 2.26 bits per heavy atom. The van der Waals surface area contributed by atoms with Crippen molar-refractivity contribution >= 4 is 0 Å². The van der Waals surface area contributed by atoms with Crippen LogP contribution < -0.4 is 0 Å². The molecule has 5 aliphatic carbocycles. The van der Waals surface area contributed by atoms with E-state index < -0.39 is 23.7 Å². The number of rotatable bonds is 2.